The lowest BCUT2D eigenvalue weighted by Crippen LogP contribution is -2.05. The third kappa shape index (κ3) is 2.84. The van der Waals surface area contributed by atoms with E-state index in [-0.39, 0.29) is 11.6 Å². The van der Waals surface area contributed by atoms with E-state index in [0.29, 0.717) is 26.9 Å². The highest BCUT2D eigenvalue weighted by Crippen LogP contribution is 2.26. The van der Waals surface area contributed by atoms with Gasteiger partial charge in [-0.15, -0.1) is 0 Å². The molecule has 2 rings (SSSR count). The zero-order valence-corrected chi connectivity index (χ0v) is 12.1. The number of ketones is 1. The highest BCUT2D eigenvalue weighted by molar-refractivity contribution is 9.10. The lowest BCUT2D eigenvalue weighted by atomic mass is 9.99. The van der Waals surface area contributed by atoms with Crippen LogP contribution in [0, 0.1) is 12.7 Å². The van der Waals surface area contributed by atoms with E-state index >= 15 is 0 Å². The van der Waals surface area contributed by atoms with Crippen LogP contribution in [0.4, 0.5) is 4.39 Å². The van der Waals surface area contributed by atoms with E-state index in [1.165, 1.54) is 18.2 Å². The van der Waals surface area contributed by atoms with Crippen molar-refractivity contribution in [3.63, 3.8) is 0 Å². The minimum absolute atomic E-state index is 0.146. The number of methoxy groups -OCH3 is 1. The monoisotopic (exact) mass is 322 g/mol. The molecule has 0 heterocycles. The summed E-state index contributed by atoms with van der Waals surface area (Å²) in [5, 5.41) is 0. The molecule has 0 bridgehead atoms. The second-order valence-electron chi connectivity index (χ2n) is 4.13. The number of carbonyl (C=O) groups excluding carboxylic acids is 1. The summed E-state index contributed by atoms with van der Waals surface area (Å²) in [5.41, 5.74) is 1.63. The molecule has 0 aromatic heterocycles. The van der Waals surface area contributed by atoms with E-state index in [2.05, 4.69) is 15.9 Å². The number of hydrogen-bond acceptors (Lipinski definition) is 2. The van der Waals surface area contributed by atoms with Crippen LogP contribution in [0.3, 0.4) is 0 Å². The van der Waals surface area contributed by atoms with Crippen LogP contribution >= 0.6 is 15.9 Å². The molecule has 0 saturated heterocycles. The van der Waals surface area contributed by atoms with Crippen LogP contribution in [0.25, 0.3) is 0 Å². The zero-order valence-electron chi connectivity index (χ0n) is 10.5. The van der Waals surface area contributed by atoms with Gasteiger partial charge in [-0.25, -0.2) is 4.39 Å². The highest BCUT2D eigenvalue weighted by atomic mass is 79.9. The Morgan fingerprint density at radius 1 is 1.16 bits per heavy atom. The summed E-state index contributed by atoms with van der Waals surface area (Å²) in [6.45, 7) is 1.72. The molecule has 0 aliphatic rings. The Kier molecular flexibility index (Phi) is 4.00. The Hall–Kier alpha value is -1.68. The van der Waals surface area contributed by atoms with Gasteiger partial charge >= 0.3 is 0 Å². The van der Waals surface area contributed by atoms with Crippen molar-refractivity contribution in [2.24, 2.45) is 0 Å². The summed E-state index contributed by atoms with van der Waals surface area (Å²) in [7, 11) is 1.56. The first-order valence-electron chi connectivity index (χ1n) is 5.67. The molecule has 0 amide bonds. The van der Waals surface area contributed by atoms with Gasteiger partial charge in [0, 0.05) is 15.6 Å². The van der Waals surface area contributed by atoms with Crippen LogP contribution < -0.4 is 4.74 Å². The molecule has 2 aromatic rings. The fourth-order valence-electron chi connectivity index (χ4n) is 1.83. The molecule has 4 heteroatoms. The van der Waals surface area contributed by atoms with E-state index in [4.69, 9.17) is 4.74 Å². The van der Waals surface area contributed by atoms with Crippen molar-refractivity contribution < 1.29 is 13.9 Å². The average molecular weight is 323 g/mol. The molecular weight excluding hydrogens is 311 g/mol. The van der Waals surface area contributed by atoms with E-state index in [9.17, 15) is 9.18 Å². The molecule has 98 valence electrons. The van der Waals surface area contributed by atoms with Crippen LogP contribution in [-0.2, 0) is 0 Å². The third-order valence-electron chi connectivity index (χ3n) is 2.85. The van der Waals surface area contributed by atoms with Crippen LogP contribution in [0.15, 0.2) is 40.9 Å². The van der Waals surface area contributed by atoms with Crippen molar-refractivity contribution in [2.45, 2.75) is 6.92 Å². The number of ether oxygens (including phenoxy) is 1. The molecular formula is C15H12BrFO2. The fourth-order valence-corrected chi connectivity index (χ4v) is 2.37. The number of aryl methyl sites for hydroxylation is 1. The quantitative estimate of drug-likeness (QED) is 0.794. The molecule has 2 nitrogen and oxygen atoms in total. The molecule has 0 N–H and O–H groups in total. The summed E-state index contributed by atoms with van der Waals surface area (Å²) in [4.78, 5) is 12.4. The normalized spacial score (nSPS) is 10.3. The van der Waals surface area contributed by atoms with Gasteiger partial charge in [0.15, 0.2) is 5.78 Å². The van der Waals surface area contributed by atoms with Crippen LogP contribution in [-0.4, -0.2) is 12.9 Å². The largest absolute Gasteiger partial charge is 0.497 e. The van der Waals surface area contributed by atoms with Crippen molar-refractivity contribution in [2.75, 3.05) is 7.11 Å². The molecule has 0 atom stereocenters. The average Bonchev–Trinajstić information content (AvgIpc) is 2.37. The molecule has 0 aliphatic heterocycles. The summed E-state index contributed by atoms with van der Waals surface area (Å²) >= 11 is 3.35. The van der Waals surface area contributed by atoms with Gasteiger partial charge in [-0.05, 0) is 64.8 Å². The molecule has 2 aromatic carbocycles. The molecule has 0 spiro atoms. The Bertz CT molecular complexity index is 638. The topological polar surface area (TPSA) is 26.3 Å². The minimum atomic E-state index is -0.345. The van der Waals surface area contributed by atoms with Crippen molar-refractivity contribution in [3.8, 4) is 5.75 Å². The van der Waals surface area contributed by atoms with Gasteiger partial charge in [0.25, 0.3) is 0 Å². The molecule has 0 radical (unpaired) electrons. The van der Waals surface area contributed by atoms with Crippen molar-refractivity contribution in [3.05, 3.63) is 63.4 Å². The van der Waals surface area contributed by atoms with Gasteiger partial charge in [0.05, 0.1) is 7.11 Å². The van der Waals surface area contributed by atoms with E-state index in [1.54, 1.807) is 32.2 Å². The lowest BCUT2D eigenvalue weighted by Gasteiger charge is -2.08. The summed E-state index contributed by atoms with van der Waals surface area (Å²) in [5.74, 6) is 0.175. The number of carbonyl (C=O) groups is 1. The van der Waals surface area contributed by atoms with Crippen LogP contribution in [0.1, 0.15) is 21.5 Å². The van der Waals surface area contributed by atoms with Crippen molar-refractivity contribution >= 4 is 21.7 Å². The van der Waals surface area contributed by atoms with E-state index < -0.39 is 0 Å². The van der Waals surface area contributed by atoms with E-state index in [1.807, 2.05) is 0 Å². The second-order valence-corrected chi connectivity index (χ2v) is 4.99. The summed E-state index contributed by atoms with van der Waals surface area (Å²) < 4.78 is 18.8. The predicted octanol–water partition coefficient (Wildman–Crippen LogP) is 4.14. The second kappa shape index (κ2) is 5.53. The van der Waals surface area contributed by atoms with Crippen molar-refractivity contribution in [1.82, 2.24) is 0 Å². The van der Waals surface area contributed by atoms with Gasteiger partial charge in [-0.3, -0.25) is 4.79 Å². The SMILES string of the molecule is COc1ccc(C(=O)c2ccc(F)cc2C)c(Br)c1. The van der Waals surface area contributed by atoms with Crippen LogP contribution in [0.5, 0.6) is 5.75 Å². The van der Waals surface area contributed by atoms with Crippen LogP contribution in [0.2, 0.25) is 0 Å². The molecule has 0 fully saturated rings. The lowest BCUT2D eigenvalue weighted by molar-refractivity contribution is 0.103. The van der Waals surface area contributed by atoms with Gasteiger partial charge in [0.1, 0.15) is 11.6 Å². The van der Waals surface area contributed by atoms with E-state index in [0.717, 1.165) is 0 Å². The fraction of sp³-hybridized carbons (Fsp3) is 0.133. The zero-order chi connectivity index (χ0) is 14.0. The van der Waals surface area contributed by atoms with Gasteiger partial charge < -0.3 is 4.74 Å². The Balaban J connectivity index is 2.44. The number of rotatable bonds is 3. The molecule has 0 saturated carbocycles. The first-order chi connectivity index (χ1) is 9.02. The van der Waals surface area contributed by atoms with Gasteiger partial charge in [0.2, 0.25) is 0 Å². The molecule has 0 aliphatic carbocycles. The summed E-state index contributed by atoms with van der Waals surface area (Å²) in [6.07, 6.45) is 0. The van der Waals surface area contributed by atoms with Gasteiger partial charge in [-0.1, -0.05) is 0 Å². The Labute approximate surface area is 119 Å². The smallest absolute Gasteiger partial charge is 0.194 e. The number of hydrogen-bond donors (Lipinski definition) is 0. The third-order valence-corrected chi connectivity index (χ3v) is 3.51. The predicted molar refractivity (Wildman–Crippen MR) is 75.3 cm³/mol. The Morgan fingerprint density at radius 3 is 2.42 bits per heavy atom. The molecule has 0 unspecified atom stereocenters. The number of benzene rings is 2. The maximum Gasteiger partial charge on any atom is 0.194 e. The Morgan fingerprint density at radius 2 is 1.84 bits per heavy atom. The van der Waals surface area contributed by atoms with Gasteiger partial charge in [-0.2, -0.15) is 0 Å². The van der Waals surface area contributed by atoms with Crippen molar-refractivity contribution in [1.29, 1.82) is 0 Å². The standard InChI is InChI=1S/C15H12BrFO2/c1-9-7-10(17)3-5-12(9)15(18)13-6-4-11(19-2)8-14(13)16/h3-8H,1-2H3. The minimum Gasteiger partial charge on any atom is -0.497 e. The first kappa shape index (κ1) is 13.7. The number of halogens is 2. The summed E-state index contributed by atoms with van der Waals surface area (Å²) in [6, 6.07) is 9.28. The first-order valence-corrected chi connectivity index (χ1v) is 6.46. The maximum absolute atomic E-state index is 13.1. The molecule has 19 heavy (non-hydrogen) atoms. The highest BCUT2D eigenvalue weighted by Gasteiger charge is 2.15. The maximum atomic E-state index is 13.1.